The van der Waals surface area contributed by atoms with Gasteiger partial charge in [-0.2, -0.15) is 0 Å². The summed E-state index contributed by atoms with van der Waals surface area (Å²) in [7, 11) is 0. The van der Waals surface area contributed by atoms with Crippen LogP contribution in [0.15, 0.2) is 64.5 Å². The number of benzene rings is 2. The third-order valence-corrected chi connectivity index (χ3v) is 8.13. The number of hydrogen-bond donors (Lipinski definition) is 1. The average Bonchev–Trinajstić information content (AvgIpc) is 3.31. The van der Waals surface area contributed by atoms with Crippen LogP contribution in [0.2, 0.25) is 0 Å². The summed E-state index contributed by atoms with van der Waals surface area (Å²) in [6.07, 6.45) is 7.24. The largest absolute Gasteiger partial charge is 0.325 e. The van der Waals surface area contributed by atoms with E-state index in [4.69, 9.17) is 4.98 Å². The van der Waals surface area contributed by atoms with Crippen molar-refractivity contribution in [1.29, 1.82) is 0 Å². The molecule has 0 saturated heterocycles. The minimum atomic E-state index is -0.102. The number of carbonyl (C=O) groups excluding carboxylic acids is 1. The standard InChI is InChI=1S/C28H31N3O2S/c1-2-3-17-31-26(33)24-25(22-14-8-7-11-20(22)18-28(24)15-9-10-16-28)30-27(31)34-19-23(32)29-21-12-5-4-6-13-21/h4-8,11-14H,2-3,9-10,15-19H2,1H3,(H,29,32). The van der Waals surface area contributed by atoms with Gasteiger partial charge in [0.25, 0.3) is 5.56 Å². The van der Waals surface area contributed by atoms with E-state index in [1.807, 2.05) is 41.0 Å². The Kier molecular flexibility index (Phi) is 6.59. The molecule has 176 valence electrons. The van der Waals surface area contributed by atoms with E-state index in [1.54, 1.807) is 0 Å². The van der Waals surface area contributed by atoms with Crippen LogP contribution < -0.4 is 10.9 Å². The van der Waals surface area contributed by atoms with Gasteiger partial charge in [0, 0.05) is 23.2 Å². The van der Waals surface area contributed by atoms with Crippen LogP contribution in [-0.2, 0) is 23.2 Å². The molecule has 34 heavy (non-hydrogen) atoms. The van der Waals surface area contributed by atoms with Crippen molar-refractivity contribution >= 4 is 23.4 Å². The lowest BCUT2D eigenvalue weighted by molar-refractivity contribution is -0.113. The minimum Gasteiger partial charge on any atom is -0.325 e. The summed E-state index contributed by atoms with van der Waals surface area (Å²) < 4.78 is 1.84. The lowest BCUT2D eigenvalue weighted by atomic mass is 9.68. The smallest absolute Gasteiger partial charge is 0.258 e. The van der Waals surface area contributed by atoms with Crippen molar-refractivity contribution in [2.24, 2.45) is 0 Å². The Bertz CT molecular complexity index is 1250. The number of amides is 1. The van der Waals surface area contributed by atoms with Crippen molar-refractivity contribution in [2.75, 3.05) is 11.1 Å². The van der Waals surface area contributed by atoms with E-state index in [9.17, 15) is 9.59 Å². The van der Waals surface area contributed by atoms with Gasteiger partial charge in [-0.15, -0.1) is 0 Å². The zero-order valence-electron chi connectivity index (χ0n) is 19.7. The number of hydrogen-bond acceptors (Lipinski definition) is 4. The topological polar surface area (TPSA) is 64.0 Å². The first-order chi connectivity index (χ1) is 16.6. The fourth-order valence-electron chi connectivity index (χ4n) is 5.52. The van der Waals surface area contributed by atoms with Gasteiger partial charge in [-0.05, 0) is 43.4 Å². The third-order valence-electron chi connectivity index (χ3n) is 7.15. The van der Waals surface area contributed by atoms with Crippen LogP contribution in [-0.4, -0.2) is 21.2 Å². The summed E-state index contributed by atoms with van der Waals surface area (Å²) >= 11 is 1.36. The molecule has 1 spiro atoms. The second kappa shape index (κ2) is 9.79. The number of fused-ring (bicyclic) bond motifs is 4. The normalized spacial score (nSPS) is 15.7. The van der Waals surface area contributed by atoms with E-state index in [0.717, 1.165) is 67.5 Å². The van der Waals surface area contributed by atoms with E-state index in [1.165, 1.54) is 17.3 Å². The van der Waals surface area contributed by atoms with E-state index in [2.05, 4.69) is 30.4 Å². The molecule has 1 heterocycles. The van der Waals surface area contributed by atoms with Crippen molar-refractivity contribution in [3.63, 3.8) is 0 Å². The van der Waals surface area contributed by atoms with Crippen molar-refractivity contribution in [1.82, 2.24) is 9.55 Å². The molecule has 0 atom stereocenters. The highest BCUT2D eigenvalue weighted by atomic mass is 32.2. The number of thioether (sulfide) groups is 1. The maximum atomic E-state index is 14.1. The Hall–Kier alpha value is -2.86. The molecule has 6 heteroatoms. The van der Waals surface area contributed by atoms with Crippen LogP contribution in [0.25, 0.3) is 11.3 Å². The van der Waals surface area contributed by atoms with Crippen LogP contribution in [0.1, 0.15) is 56.6 Å². The molecule has 1 aromatic heterocycles. The van der Waals surface area contributed by atoms with Gasteiger partial charge in [-0.25, -0.2) is 4.98 Å². The number of nitrogens with one attached hydrogen (secondary N) is 1. The van der Waals surface area contributed by atoms with Crippen molar-refractivity contribution in [3.8, 4) is 11.3 Å². The van der Waals surface area contributed by atoms with E-state index < -0.39 is 0 Å². The van der Waals surface area contributed by atoms with Crippen molar-refractivity contribution in [3.05, 3.63) is 76.1 Å². The first-order valence-electron chi connectivity index (χ1n) is 12.3. The summed E-state index contributed by atoms with van der Waals surface area (Å²) in [6.45, 7) is 2.77. The number of aromatic nitrogens is 2. The molecule has 3 aromatic rings. The van der Waals surface area contributed by atoms with Gasteiger partial charge in [0.2, 0.25) is 5.91 Å². The van der Waals surface area contributed by atoms with Gasteiger partial charge in [-0.1, -0.05) is 80.4 Å². The summed E-state index contributed by atoms with van der Waals surface area (Å²) in [4.78, 5) is 31.8. The number of carbonyl (C=O) groups is 1. The summed E-state index contributed by atoms with van der Waals surface area (Å²) in [5, 5.41) is 3.58. The predicted molar refractivity (Wildman–Crippen MR) is 138 cm³/mol. The van der Waals surface area contributed by atoms with Crippen LogP contribution in [0.5, 0.6) is 0 Å². The summed E-state index contributed by atoms with van der Waals surface area (Å²) in [6, 6.07) is 17.8. The predicted octanol–water partition coefficient (Wildman–Crippen LogP) is 5.81. The highest BCUT2D eigenvalue weighted by Gasteiger charge is 2.44. The molecule has 2 aromatic carbocycles. The quantitative estimate of drug-likeness (QED) is 0.347. The van der Waals surface area contributed by atoms with E-state index >= 15 is 0 Å². The van der Waals surface area contributed by atoms with Gasteiger partial charge in [0.05, 0.1) is 17.0 Å². The Morgan fingerprint density at radius 2 is 1.82 bits per heavy atom. The van der Waals surface area contributed by atoms with Crippen LogP contribution >= 0.6 is 11.8 Å². The van der Waals surface area contributed by atoms with Gasteiger partial charge in [0.1, 0.15) is 0 Å². The zero-order chi connectivity index (χ0) is 23.5. The van der Waals surface area contributed by atoms with Crippen LogP contribution in [0.3, 0.4) is 0 Å². The van der Waals surface area contributed by atoms with Crippen LogP contribution in [0, 0.1) is 0 Å². The lowest BCUT2D eigenvalue weighted by Gasteiger charge is -2.36. The lowest BCUT2D eigenvalue weighted by Crippen LogP contribution is -2.40. The first kappa shape index (κ1) is 22.9. The van der Waals surface area contributed by atoms with Crippen LogP contribution in [0.4, 0.5) is 5.69 Å². The van der Waals surface area contributed by atoms with E-state index in [0.29, 0.717) is 11.7 Å². The Balaban J connectivity index is 1.54. The molecule has 1 N–H and O–H groups in total. The molecule has 0 bridgehead atoms. The average molecular weight is 474 g/mol. The Morgan fingerprint density at radius 3 is 2.59 bits per heavy atom. The molecule has 1 fully saturated rings. The number of rotatable bonds is 7. The van der Waals surface area contributed by atoms with Crippen molar-refractivity contribution < 1.29 is 4.79 Å². The third kappa shape index (κ3) is 4.31. The molecule has 0 aliphatic heterocycles. The maximum Gasteiger partial charge on any atom is 0.258 e. The van der Waals surface area contributed by atoms with E-state index in [-0.39, 0.29) is 22.6 Å². The molecular formula is C28H31N3O2S. The molecule has 2 aliphatic rings. The SMILES string of the molecule is CCCCn1c(SCC(=O)Nc2ccccc2)nc2c(c1=O)C1(CCCC1)Cc1ccccc1-2. The summed E-state index contributed by atoms with van der Waals surface area (Å²) in [5.74, 6) is 0.108. The minimum absolute atomic E-state index is 0.0980. The number of unbranched alkanes of at least 4 members (excludes halogenated alkanes) is 1. The number of anilines is 1. The number of para-hydroxylation sites is 1. The molecule has 0 unspecified atom stereocenters. The van der Waals surface area contributed by atoms with Crippen molar-refractivity contribution in [2.45, 2.75) is 69.0 Å². The first-order valence-corrected chi connectivity index (χ1v) is 13.3. The molecule has 1 amide bonds. The summed E-state index contributed by atoms with van der Waals surface area (Å²) in [5.41, 5.74) is 4.88. The maximum absolute atomic E-state index is 14.1. The molecule has 0 radical (unpaired) electrons. The molecule has 5 rings (SSSR count). The highest BCUT2D eigenvalue weighted by molar-refractivity contribution is 7.99. The molecule has 2 aliphatic carbocycles. The fourth-order valence-corrected chi connectivity index (χ4v) is 6.34. The van der Waals surface area contributed by atoms with Gasteiger partial charge >= 0.3 is 0 Å². The van der Waals surface area contributed by atoms with Gasteiger partial charge in [0.15, 0.2) is 5.16 Å². The zero-order valence-corrected chi connectivity index (χ0v) is 20.5. The second-order valence-electron chi connectivity index (χ2n) is 9.45. The molecule has 5 nitrogen and oxygen atoms in total. The monoisotopic (exact) mass is 473 g/mol. The molecule has 1 saturated carbocycles. The second-order valence-corrected chi connectivity index (χ2v) is 10.4. The fraction of sp³-hybridized carbons (Fsp3) is 0.393. The Labute approximate surface area is 205 Å². The Morgan fingerprint density at radius 1 is 1.09 bits per heavy atom. The molecular weight excluding hydrogens is 442 g/mol. The number of nitrogens with zero attached hydrogens (tertiary/aromatic N) is 2. The van der Waals surface area contributed by atoms with Gasteiger partial charge in [-0.3, -0.25) is 14.2 Å². The highest BCUT2D eigenvalue weighted by Crippen LogP contribution is 2.49. The van der Waals surface area contributed by atoms with Gasteiger partial charge < -0.3 is 5.32 Å².